The lowest BCUT2D eigenvalue weighted by molar-refractivity contribution is -0.387. The van der Waals surface area contributed by atoms with E-state index in [9.17, 15) is 32.1 Å². The number of anilines is 1. The molecule has 0 atom stereocenters. The molecule has 29 heavy (non-hydrogen) atoms. The van der Waals surface area contributed by atoms with Crippen LogP contribution in [0.5, 0.6) is 0 Å². The zero-order chi connectivity index (χ0) is 21.2. The van der Waals surface area contributed by atoms with Crippen molar-refractivity contribution in [3.63, 3.8) is 0 Å². The summed E-state index contributed by atoms with van der Waals surface area (Å²) in [4.78, 5) is 21.6. The lowest BCUT2D eigenvalue weighted by Crippen LogP contribution is -2.41. The largest absolute Gasteiger partial charge is 0.379 e. The molecule has 12 heteroatoms. The average molecular weight is 427 g/mol. The maximum absolute atomic E-state index is 14.2. The van der Waals surface area contributed by atoms with Gasteiger partial charge in [0.1, 0.15) is 10.7 Å². The number of hydrogen-bond donors (Lipinski definition) is 1. The lowest BCUT2D eigenvalue weighted by Gasteiger charge is -2.26. The van der Waals surface area contributed by atoms with Gasteiger partial charge in [0.2, 0.25) is 15.8 Å². The first-order chi connectivity index (χ1) is 13.7. The predicted octanol–water partition coefficient (Wildman–Crippen LogP) is 2.15. The highest BCUT2D eigenvalue weighted by molar-refractivity contribution is 7.89. The molecule has 0 radical (unpaired) electrons. The molecular weight excluding hydrogens is 412 g/mol. The van der Waals surface area contributed by atoms with Crippen molar-refractivity contribution < 1.29 is 31.7 Å². The van der Waals surface area contributed by atoms with Crippen LogP contribution in [0.15, 0.2) is 41.3 Å². The zero-order valence-corrected chi connectivity index (χ0v) is 15.6. The quantitative estimate of drug-likeness (QED) is 0.577. The van der Waals surface area contributed by atoms with Crippen molar-refractivity contribution in [2.45, 2.75) is 4.90 Å². The standard InChI is InChI=1S/C17H15F2N3O6S/c18-13-4-2-12(10-15(13)22(24)25)20-17(23)11-1-3-14(19)16(9-11)29(26,27)21-5-7-28-8-6-21/h1-4,9-10H,5-8H2,(H,20,23). The normalized spacial score (nSPS) is 15.1. The molecule has 1 amide bonds. The van der Waals surface area contributed by atoms with E-state index >= 15 is 0 Å². The second kappa shape index (κ2) is 8.19. The fraction of sp³-hybridized carbons (Fsp3) is 0.235. The van der Waals surface area contributed by atoms with Crippen molar-refractivity contribution in [1.29, 1.82) is 0 Å². The van der Waals surface area contributed by atoms with E-state index in [0.29, 0.717) is 0 Å². The van der Waals surface area contributed by atoms with Crippen molar-refractivity contribution >= 4 is 27.3 Å². The molecule has 0 aliphatic carbocycles. The summed E-state index contributed by atoms with van der Waals surface area (Å²) in [6, 6.07) is 5.54. The fourth-order valence-corrected chi connectivity index (χ4v) is 4.20. The van der Waals surface area contributed by atoms with Gasteiger partial charge < -0.3 is 10.1 Å². The number of halogens is 2. The van der Waals surface area contributed by atoms with Gasteiger partial charge in [-0.1, -0.05) is 0 Å². The molecule has 2 aromatic carbocycles. The van der Waals surface area contributed by atoms with Gasteiger partial charge in [-0.3, -0.25) is 14.9 Å². The fourth-order valence-electron chi connectivity index (χ4n) is 2.70. The molecule has 3 rings (SSSR count). The van der Waals surface area contributed by atoms with E-state index in [-0.39, 0.29) is 37.6 Å². The maximum Gasteiger partial charge on any atom is 0.306 e. The van der Waals surface area contributed by atoms with E-state index in [1.54, 1.807) is 0 Å². The number of nitro groups is 1. The van der Waals surface area contributed by atoms with Crippen LogP contribution in [0.1, 0.15) is 10.4 Å². The van der Waals surface area contributed by atoms with Crippen LogP contribution in [0, 0.1) is 21.7 Å². The van der Waals surface area contributed by atoms with Gasteiger partial charge in [-0.25, -0.2) is 12.8 Å². The number of nitrogens with one attached hydrogen (secondary N) is 1. The van der Waals surface area contributed by atoms with Crippen LogP contribution in [-0.2, 0) is 14.8 Å². The number of rotatable bonds is 5. The first kappa shape index (κ1) is 20.8. The Hall–Kier alpha value is -2.96. The minimum atomic E-state index is -4.19. The molecule has 1 N–H and O–H groups in total. The summed E-state index contributed by atoms with van der Waals surface area (Å²) in [7, 11) is -4.19. The first-order valence-corrected chi connectivity index (χ1v) is 9.77. The third-order valence-corrected chi connectivity index (χ3v) is 6.10. The lowest BCUT2D eigenvalue weighted by atomic mass is 10.2. The molecule has 9 nitrogen and oxygen atoms in total. The Labute approximate surface area is 164 Å². The van der Waals surface area contributed by atoms with Crippen LogP contribution in [0.2, 0.25) is 0 Å². The van der Waals surface area contributed by atoms with Gasteiger partial charge in [0.15, 0.2) is 0 Å². The van der Waals surface area contributed by atoms with Crippen LogP contribution in [0.4, 0.5) is 20.2 Å². The number of carbonyl (C=O) groups excluding carboxylic acids is 1. The molecule has 2 aromatic rings. The van der Waals surface area contributed by atoms with E-state index in [2.05, 4.69) is 5.32 Å². The molecule has 1 heterocycles. The van der Waals surface area contributed by atoms with Crippen molar-refractivity contribution in [2.75, 3.05) is 31.6 Å². The molecule has 1 fully saturated rings. The number of hydrogen-bond acceptors (Lipinski definition) is 6. The molecule has 1 saturated heterocycles. The maximum atomic E-state index is 14.2. The average Bonchev–Trinajstić information content (AvgIpc) is 2.70. The highest BCUT2D eigenvalue weighted by atomic mass is 32.2. The van der Waals surface area contributed by atoms with E-state index in [4.69, 9.17) is 4.74 Å². The van der Waals surface area contributed by atoms with E-state index in [0.717, 1.165) is 40.7 Å². The molecular formula is C17H15F2N3O6S. The summed E-state index contributed by atoms with van der Waals surface area (Å²) in [6.45, 7) is 0.448. The number of nitrogens with zero attached hydrogens (tertiary/aromatic N) is 2. The van der Waals surface area contributed by atoms with Crippen LogP contribution in [0.25, 0.3) is 0 Å². The number of sulfonamides is 1. The first-order valence-electron chi connectivity index (χ1n) is 8.33. The molecule has 0 saturated carbocycles. The van der Waals surface area contributed by atoms with Gasteiger partial charge in [0.25, 0.3) is 5.91 Å². The minimum Gasteiger partial charge on any atom is -0.379 e. The number of benzene rings is 2. The summed E-state index contributed by atoms with van der Waals surface area (Å²) in [5, 5.41) is 13.1. The van der Waals surface area contributed by atoms with Crippen molar-refractivity contribution in [2.24, 2.45) is 0 Å². The molecule has 1 aliphatic rings. The molecule has 0 spiro atoms. The Morgan fingerprint density at radius 3 is 2.41 bits per heavy atom. The van der Waals surface area contributed by atoms with E-state index in [1.165, 1.54) is 0 Å². The Bertz CT molecular complexity index is 1070. The molecule has 1 aliphatic heterocycles. The summed E-state index contributed by atoms with van der Waals surface area (Å²) >= 11 is 0. The van der Waals surface area contributed by atoms with Crippen LogP contribution in [-0.4, -0.2) is 49.9 Å². The van der Waals surface area contributed by atoms with Crippen LogP contribution >= 0.6 is 0 Å². The summed E-state index contributed by atoms with van der Waals surface area (Å²) in [5.41, 5.74) is -1.10. The summed E-state index contributed by atoms with van der Waals surface area (Å²) in [5.74, 6) is -2.94. The zero-order valence-electron chi connectivity index (χ0n) is 14.8. The van der Waals surface area contributed by atoms with Crippen molar-refractivity contribution in [3.05, 3.63) is 63.7 Å². The van der Waals surface area contributed by atoms with Gasteiger partial charge in [0.05, 0.1) is 18.1 Å². The highest BCUT2D eigenvalue weighted by Gasteiger charge is 2.30. The van der Waals surface area contributed by atoms with Crippen LogP contribution in [0.3, 0.4) is 0 Å². The summed E-state index contributed by atoms with van der Waals surface area (Å²) < 4.78 is 59.1. The topological polar surface area (TPSA) is 119 Å². The third kappa shape index (κ3) is 4.39. The second-order valence-corrected chi connectivity index (χ2v) is 7.95. The van der Waals surface area contributed by atoms with Gasteiger partial charge >= 0.3 is 5.69 Å². The number of morpholine rings is 1. The minimum absolute atomic E-state index is 0.0530. The van der Waals surface area contributed by atoms with E-state index < -0.39 is 43.1 Å². The number of ether oxygens (including phenoxy) is 1. The number of carbonyl (C=O) groups is 1. The van der Waals surface area contributed by atoms with E-state index in [1.807, 2.05) is 0 Å². The number of nitro benzene ring substituents is 1. The smallest absolute Gasteiger partial charge is 0.306 e. The monoisotopic (exact) mass is 427 g/mol. The predicted molar refractivity (Wildman–Crippen MR) is 97.0 cm³/mol. The molecule has 154 valence electrons. The van der Waals surface area contributed by atoms with Crippen molar-refractivity contribution in [1.82, 2.24) is 4.31 Å². The Kier molecular flexibility index (Phi) is 5.86. The SMILES string of the molecule is O=C(Nc1ccc(F)c([N+](=O)[O-])c1)c1ccc(F)c(S(=O)(=O)N2CCOCC2)c1. The van der Waals surface area contributed by atoms with Crippen LogP contribution < -0.4 is 5.32 Å². The Morgan fingerprint density at radius 2 is 1.76 bits per heavy atom. The Balaban J connectivity index is 1.88. The van der Waals surface area contributed by atoms with Gasteiger partial charge in [-0.15, -0.1) is 0 Å². The molecule has 0 bridgehead atoms. The molecule has 0 aromatic heterocycles. The second-order valence-electron chi connectivity index (χ2n) is 6.04. The highest BCUT2D eigenvalue weighted by Crippen LogP contribution is 2.24. The van der Waals surface area contributed by atoms with Crippen molar-refractivity contribution in [3.8, 4) is 0 Å². The van der Waals surface area contributed by atoms with Gasteiger partial charge in [-0.2, -0.15) is 8.70 Å². The Morgan fingerprint density at radius 1 is 1.10 bits per heavy atom. The third-order valence-electron chi connectivity index (χ3n) is 4.18. The van der Waals surface area contributed by atoms with Gasteiger partial charge in [0, 0.05) is 30.4 Å². The van der Waals surface area contributed by atoms with Gasteiger partial charge in [-0.05, 0) is 30.3 Å². The summed E-state index contributed by atoms with van der Waals surface area (Å²) in [6.07, 6.45) is 0. The molecule has 0 unspecified atom stereocenters. The number of amides is 1.